The average molecular weight is 410 g/mol. The molecule has 0 radical (unpaired) electrons. The molecule has 2 saturated heterocycles. The van der Waals surface area contributed by atoms with E-state index < -0.39 is 0 Å². The monoisotopic (exact) mass is 409 g/mol. The topological polar surface area (TPSA) is 44.7 Å². The van der Waals surface area contributed by atoms with Gasteiger partial charge in [0.25, 0.3) is 0 Å². The Kier molecular flexibility index (Phi) is 5.11. The number of methoxy groups -OCH3 is 1. The van der Waals surface area contributed by atoms with Gasteiger partial charge < -0.3 is 14.5 Å². The Labute approximate surface area is 175 Å². The van der Waals surface area contributed by atoms with Crippen LogP contribution < -0.4 is 9.64 Å². The lowest BCUT2D eigenvalue weighted by molar-refractivity contribution is 0.120. The summed E-state index contributed by atoms with van der Waals surface area (Å²) >= 11 is 1.70. The zero-order valence-corrected chi connectivity index (χ0v) is 17.9. The molecule has 6 nitrogen and oxygen atoms in total. The smallest absolute Gasteiger partial charge is 0.141 e. The third kappa shape index (κ3) is 3.58. The number of rotatable bonds is 4. The van der Waals surface area contributed by atoms with Gasteiger partial charge in [0.15, 0.2) is 0 Å². The summed E-state index contributed by atoms with van der Waals surface area (Å²) < 4.78 is 5.32. The number of nitrogens with zero attached hydrogens (tertiary/aromatic N) is 5. The summed E-state index contributed by atoms with van der Waals surface area (Å²) in [6.07, 6.45) is 2.92. The maximum Gasteiger partial charge on any atom is 0.141 e. The van der Waals surface area contributed by atoms with Crippen molar-refractivity contribution in [2.24, 2.45) is 0 Å². The standard InChI is InChI=1S/C22H27N5OS/c1-25-9-11-26(12-10-25)17-7-8-27(13-17)21-20-19(14-29-22(20)24-15-23-21)16-3-5-18(28-2)6-4-16/h3-6,14-15,17H,7-13H2,1-2H3. The molecular weight excluding hydrogens is 382 g/mol. The van der Waals surface area contributed by atoms with Crippen molar-refractivity contribution in [3.05, 3.63) is 36.0 Å². The van der Waals surface area contributed by atoms with Crippen molar-refractivity contribution in [3.8, 4) is 16.9 Å². The molecule has 5 rings (SSSR count). The molecule has 2 aliphatic heterocycles. The number of benzene rings is 1. The number of ether oxygens (including phenoxy) is 1. The third-order valence-electron chi connectivity index (χ3n) is 6.27. The van der Waals surface area contributed by atoms with Crippen molar-refractivity contribution in [1.29, 1.82) is 0 Å². The van der Waals surface area contributed by atoms with Crippen LogP contribution in [0.3, 0.4) is 0 Å². The summed E-state index contributed by atoms with van der Waals surface area (Å²) in [4.78, 5) is 17.9. The number of thiophene rings is 1. The Morgan fingerprint density at radius 2 is 1.83 bits per heavy atom. The van der Waals surface area contributed by atoms with Crippen molar-refractivity contribution < 1.29 is 4.74 Å². The molecule has 2 aliphatic rings. The van der Waals surface area contributed by atoms with Crippen LogP contribution in [0, 0.1) is 0 Å². The van der Waals surface area contributed by atoms with Crippen molar-refractivity contribution >= 4 is 27.4 Å². The second-order valence-corrected chi connectivity index (χ2v) is 8.84. The summed E-state index contributed by atoms with van der Waals surface area (Å²) in [7, 11) is 3.91. The number of aromatic nitrogens is 2. The molecule has 7 heteroatoms. The van der Waals surface area contributed by atoms with Crippen LogP contribution in [0.25, 0.3) is 21.3 Å². The van der Waals surface area contributed by atoms with Crippen LogP contribution in [0.2, 0.25) is 0 Å². The van der Waals surface area contributed by atoms with Gasteiger partial charge >= 0.3 is 0 Å². The quantitative estimate of drug-likeness (QED) is 0.659. The highest BCUT2D eigenvalue weighted by Crippen LogP contribution is 2.39. The first-order valence-electron chi connectivity index (χ1n) is 10.3. The largest absolute Gasteiger partial charge is 0.497 e. The van der Waals surface area contributed by atoms with E-state index in [4.69, 9.17) is 9.72 Å². The van der Waals surface area contributed by atoms with Gasteiger partial charge in [0, 0.05) is 56.3 Å². The fourth-order valence-electron chi connectivity index (χ4n) is 4.50. The Morgan fingerprint density at radius 1 is 1.03 bits per heavy atom. The average Bonchev–Trinajstić information content (AvgIpc) is 3.42. The first-order chi connectivity index (χ1) is 14.2. The molecular formula is C22H27N5OS. The van der Waals surface area contributed by atoms with E-state index in [0.717, 1.165) is 29.5 Å². The molecule has 0 saturated carbocycles. The minimum absolute atomic E-state index is 0.622. The molecule has 0 N–H and O–H groups in total. The number of hydrogen-bond acceptors (Lipinski definition) is 7. The van der Waals surface area contributed by atoms with Gasteiger partial charge in [0.2, 0.25) is 0 Å². The van der Waals surface area contributed by atoms with E-state index in [-0.39, 0.29) is 0 Å². The van der Waals surface area contributed by atoms with Crippen LogP contribution in [0.4, 0.5) is 5.82 Å². The summed E-state index contributed by atoms with van der Waals surface area (Å²) in [6, 6.07) is 8.89. The molecule has 3 aromatic rings. The molecule has 0 amide bonds. The fraction of sp³-hybridized carbons (Fsp3) is 0.455. The van der Waals surface area contributed by atoms with E-state index in [2.05, 4.69) is 44.2 Å². The van der Waals surface area contributed by atoms with Crippen LogP contribution in [0.1, 0.15) is 6.42 Å². The maximum atomic E-state index is 5.32. The number of piperazine rings is 1. The van der Waals surface area contributed by atoms with Crippen molar-refractivity contribution in [3.63, 3.8) is 0 Å². The zero-order chi connectivity index (χ0) is 19.8. The zero-order valence-electron chi connectivity index (χ0n) is 17.0. The molecule has 0 aliphatic carbocycles. The Bertz CT molecular complexity index is 981. The second kappa shape index (κ2) is 7.89. The molecule has 0 spiro atoms. The van der Waals surface area contributed by atoms with Crippen LogP contribution >= 0.6 is 11.3 Å². The SMILES string of the molecule is COc1ccc(-c2csc3ncnc(N4CCC(N5CCN(C)CC5)C4)c23)cc1. The summed E-state index contributed by atoms with van der Waals surface area (Å²) in [5, 5.41) is 3.39. The van der Waals surface area contributed by atoms with Gasteiger partial charge in [0.05, 0.1) is 12.5 Å². The molecule has 0 bridgehead atoms. The first kappa shape index (κ1) is 18.8. The van der Waals surface area contributed by atoms with Gasteiger partial charge in [-0.25, -0.2) is 9.97 Å². The second-order valence-electron chi connectivity index (χ2n) is 7.98. The number of anilines is 1. The van der Waals surface area contributed by atoms with Gasteiger partial charge in [-0.1, -0.05) is 12.1 Å². The van der Waals surface area contributed by atoms with Crippen molar-refractivity contribution in [1.82, 2.24) is 19.8 Å². The summed E-state index contributed by atoms with van der Waals surface area (Å²) in [6.45, 7) is 6.78. The molecule has 1 aromatic carbocycles. The van der Waals surface area contributed by atoms with Crippen LogP contribution in [0.15, 0.2) is 36.0 Å². The van der Waals surface area contributed by atoms with E-state index >= 15 is 0 Å². The minimum Gasteiger partial charge on any atom is -0.497 e. The lowest BCUT2D eigenvalue weighted by atomic mass is 10.1. The molecule has 2 fully saturated rings. The summed E-state index contributed by atoms with van der Waals surface area (Å²) in [5.74, 6) is 1.96. The highest BCUT2D eigenvalue weighted by molar-refractivity contribution is 7.17. The first-order valence-corrected chi connectivity index (χ1v) is 11.1. The Morgan fingerprint density at radius 3 is 2.59 bits per heavy atom. The lowest BCUT2D eigenvalue weighted by Gasteiger charge is -2.36. The maximum absolute atomic E-state index is 5.32. The van der Waals surface area contributed by atoms with Crippen LogP contribution in [-0.2, 0) is 0 Å². The van der Waals surface area contributed by atoms with E-state index in [1.54, 1.807) is 24.8 Å². The Hall–Kier alpha value is -2.22. The Balaban J connectivity index is 1.44. The highest BCUT2D eigenvalue weighted by atomic mass is 32.1. The number of fused-ring (bicyclic) bond motifs is 1. The fourth-order valence-corrected chi connectivity index (χ4v) is 5.41. The molecule has 152 valence electrons. The van der Waals surface area contributed by atoms with Crippen molar-refractivity contribution in [2.75, 3.05) is 58.3 Å². The predicted octanol–water partition coefficient (Wildman–Crippen LogP) is 3.19. The van der Waals surface area contributed by atoms with Gasteiger partial charge in [0.1, 0.15) is 22.7 Å². The summed E-state index contributed by atoms with van der Waals surface area (Å²) in [5.41, 5.74) is 2.40. The van der Waals surface area contributed by atoms with Crippen LogP contribution in [0.5, 0.6) is 5.75 Å². The van der Waals surface area contributed by atoms with Gasteiger partial charge in [-0.15, -0.1) is 11.3 Å². The lowest BCUT2D eigenvalue weighted by Crippen LogP contribution is -2.49. The van der Waals surface area contributed by atoms with E-state index in [9.17, 15) is 0 Å². The number of likely N-dealkylation sites (N-methyl/N-ethyl adjacent to an activating group) is 1. The van der Waals surface area contributed by atoms with Gasteiger partial charge in [-0.3, -0.25) is 4.90 Å². The molecule has 2 aromatic heterocycles. The van der Waals surface area contributed by atoms with Crippen molar-refractivity contribution in [2.45, 2.75) is 12.5 Å². The molecule has 1 atom stereocenters. The minimum atomic E-state index is 0.622. The van der Waals surface area contributed by atoms with E-state index in [0.29, 0.717) is 6.04 Å². The van der Waals surface area contributed by atoms with E-state index in [1.807, 2.05) is 12.1 Å². The van der Waals surface area contributed by atoms with Gasteiger partial charge in [-0.2, -0.15) is 0 Å². The number of hydrogen-bond donors (Lipinski definition) is 0. The predicted molar refractivity (Wildman–Crippen MR) is 119 cm³/mol. The molecule has 4 heterocycles. The van der Waals surface area contributed by atoms with Gasteiger partial charge in [-0.05, 0) is 31.2 Å². The highest BCUT2D eigenvalue weighted by Gasteiger charge is 2.31. The third-order valence-corrected chi connectivity index (χ3v) is 7.15. The van der Waals surface area contributed by atoms with Crippen LogP contribution in [-0.4, -0.2) is 79.2 Å². The molecule has 1 unspecified atom stereocenters. The normalized spacial score (nSPS) is 21.2. The molecule has 29 heavy (non-hydrogen) atoms. The van der Waals surface area contributed by atoms with E-state index in [1.165, 1.54) is 49.1 Å².